The molecule has 6 N–H and O–H groups in total. The maximum absolute atomic E-state index is 14.9. The molecule has 4 rings (SSSR count). The maximum atomic E-state index is 14.9. The molecular formula is C29H21F4N5O2. The van der Waals surface area contributed by atoms with Gasteiger partial charge in [-0.1, -0.05) is 42.5 Å². The van der Waals surface area contributed by atoms with Gasteiger partial charge in [-0.05, 0) is 48.2 Å². The minimum absolute atomic E-state index is 0.144. The Bertz CT molecular complexity index is 1630. The van der Waals surface area contributed by atoms with Crippen molar-refractivity contribution in [1.82, 2.24) is 4.98 Å². The van der Waals surface area contributed by atoms with Crippen molar-refractivity contribution in [2.75, 3.05) is 5.32 Å². The zero-order chi connectivity index (χ0) is 29.0. The molecule has 0 aliphatic heterocycles. The Hall–Kier alpha value is -5.32. The van der Waals surface area contributed by atoms with Crippen LogP contribution in [0.3, 0.4) is 0 Å². The SMILES string of the molecule is N=C(/C=C\N)c1cc(C(=O)Nc2cc(-c3ccc(C(N)=O)cc3)cnc2-c2ccccc2)c(F)cc1C(F)(F)F. The van der Waals surface area contributed by atoms with Crippen molar-refractivity contribution in [3.63, 3.8) is 0 Å². The molecule has 2 amide bonds. The molecule has 11 heteroatoms. The lowest BCUT2D eigenvalue weighted by Gasteiger charge is -2.16. The van der Waals surface area contributed by atoms with E-state index < -0.39 is 46.2 Å². The summed E-state index contributed by atoms with van der Waals surface area (Å²) in [5.74, 6) is -3.09. The van der Waals surface area contributed by atoms with Gasteiger partial charge in [0.1, 0.15) is 5.82 Å². The van der Waals surface area contributed by atoms with Crippen LogP contribution in [0.15, 0.2) is 91.3 Å². The first-order valence-corrected chi connectivity index (χ1v) is 11.6. The van der Waals surface area contributed by atoms with Crippen molar-refractivity contribution >= 4 is 23.2 Å². The fourth-order valence-corrected chi connectivity index (χ4v) is 3.95. The van der Waals surface area contributed by atoms with Crippen LogP contribution in [-0.4, -0.2) is 22.5 Å². The molecule has 0 bridgehead atoms. The van der Waals surface area contributed by atoms with Crippen LogP contribution in [0.25, 0.3) is 22.4 Å². The van der Waals surface area contributed by atoms with Gasteiger partial charge >= 0.3 is 6.18 Å². The Kier molecular flexibility index (Phi) is 7.76. The van der Waals surface area contributed by atoms with Gasteiger partial charge in [0.25, 0.3) is 5.91 Å². The maximum Gasteiger partial charge on any atom is 0.417 e. The molecule has 1 aromatic heterocycles. The van der Waals surface area contributed by atoms with Crippen molar-refractivity contribution in [1.29, 1.82) is 5.41 Å². The molecule has 40 heavy (non-hydrogen) atoms. The highest BCUT2D eigenvalue weighted by molar-refractivity contribution is 6.11. The highest BCUT2D eigenvalue weighted by Gasteiger charge is 2.36. The van der Waals surface area contributed by atoms with Gasteiger partial charge < -0.3 is 22.2 Å². The predicted molar refractivity (Wildman–Crippen MR) is 143 cm³/mol. The normalized spacial score (nSPS) is 11.4. The third kappa shape index (κ3) is 5.88. The van der Waals surface area contributed by atoms with Crippen LogP contribution in [0, 0.1) is 11.2 Å². The number of hydrogen-bond donors (Lipinski definition) is 4. The lowest BCUT2D eigenvalue weighted by atomic mass is 9.98. The number of primary amides is 1. The van der Waals surface area contributed by atoms with Crippen molar-refractivity contribution in [3.05, 3.63) is 119 Å². The Morgan fingerprint density at radius 3 is 2.17 bits per heavy atom. The summed E-state index contributed by atoms with van der Waals surface area (Å²) in [6.07, 6.45) is -1.68. The topological polar surface area (TPSA) is 135 Å². The fourth-order valence-electron chi connectivity index (χ4n) is 3.95. The lowest BCUT2D eigenvalue weighted by Crippen LogP contribution is -2.19. The summed E-state index contributed by atoms with van der Waals surface area (Å²) in [5, 5.41) is 10.5. The first kappa shape index (κ1) is 27.7. The van der Waals surface area contributed by atoms with Crippen LogP contribution in [0.1, 0.15) is 31.8 Å². The number of nitrogens with zero attached hydrogens (tertiary/aromatic N) is 1. The zero-order valence-corrected chi connectivity index (χ0v) is 20.6. The molecule has 0 fully saturated rings. The van der Waals surface area contributed by atoms with Crippen molar-refractivity contribution < 1.29 is 27.2 Å². The number of pyridine rings is 1. The van der Waals surface area contributed by atoms with Crippen LogP contribution >= 0.6 is 0 Å². The van der Waals surface area contributed by atoms with E-state index >= 15 is 0 Å². The first-order valence-electron chi connectivity index (χ1n) is 11.6. The summed E-state index contributed by atoms with van der Waals surface area (Å²) in [6.45, 7) is 0. The number of benzene rings is 3. The minimum atomic E-state index is -4.98. The first-order chi connectivity index (χ1) is 19.0. The molecule has 0 radical (unpaired) electrons. The van der Waals surface area contributed by atoms with Crippen LogP contribution in [-0.2, 0) is 6.18 Å². The number of carbonyl (C=O) groups excluding carboxylic acids is 2. The second kappa shape index (κ2) is 11.2. The average Bonchev–Trinajstić information content (AvgIpc) is 2.93. The number of anilines is 1. The number of hydrogen-bond acceptors (Lipinski definition) is 5. The molecule has 4 aromatic rings. The number of amides is 2. The minimum Gasteiger partial charge on any atom is -0.405 e. The third-order valence-electron chi connectivity index (χ3n) is 5.90. The number of rotatable bonds is 7. The van der Waals surface area contributed by atoms with E-state index in [4.69, 9.17) is 16.9 Å². The molecule has 0 saturated carbocycles. The molecule has 0 aliphatic rings. The molecule has 7 nitrogen and oxygen atoms in total. The number of allylic oxidation sites excluding steroid dienone is 1. The van der Waals surface area contributed by atoms with Gasteiger partial charge in [-0.2, -0.15) is 13.2 Å². The van der Waals surface area contributed by atoms with Crippen molar-refractivity contribution in [2.45, 2.75) is 6.18 Å². The van der Waals surface area contributed by atoms with Gasteiger partial charge in [0, 0.05) is 28.5 Å². The van der Waals surface area contributed by atoms with Crippen LogP contribution in [0.5, 0.6) is 0 Å². The molecule has 0 aliphatic carbocycles. The Balaban J connectivity index is 1.80. The number of aromatic nitrogens is 1. The second-order valence-corrected chi connectivity index (χ2v) is 8.53. The zero-order valence-electron chi connectivity index (χ0n) is 20.6. The molecule has 202 valence electrons. The highest BCUT2D eigenvalue weighted by Crippen LogP contribution is 2.35. The van der Waals surface area contributed by atoms with Crippen molar-refractivity contribution in [3.8, 4) is 22.4 Å². The van der Waals surface area contributed by atoms with Gasteiger partial charge in [-0.25, -0.2) is 4.39 Å². The number of carbonyl (C=O) groups is 2. The highest BCUT2D eigenvalue weighted by atomic mass is 19.4. The summed E-state index contributed by atoms with van der Waals surface area (Å²) in [5.41, 5.74) is 9.52. The number of nitrogens with two attached hydrogens (primary N) is 2. The van der Waals surface area contributed by atoms with Crippen molar-refractivity contribution in [2.24, 2.45) is 11.5 Å². The summed E-state index contributed by atoms with van der Waals surface area (Å²) in [7, 11) is 0. The van der Waals surface area contributed by atoms with Crippen LogP contribution in [0.4, 0.5) is 23.2 Å². The fraction of sp³-hybridized carbons (Fsp3) is 0.0345. The molecule has 0 spiro atoms. The third-order valence-corrected chi connectivity index (χ3v) is 5.90. The average molecular weight is 548 g/mol. The summed E-state index contributed by atoms with van der Waals surface area (Å²) in [6, 6.07) is 17.4. The molecule has 0 unspecified atom stereocenters. The summed E-state index contributed by atoms with van der Waals surface area (Å²) < 4.78 is 55.6. The Labute approximate surface area is 225 Å². The van der Waals surface area contributed by atoms with E-state index in [9.17, 15) is 27.2 Å². The van der Waals surface area contributed by atoms with E-state index in [1.54, 1.807) is 48.5 Å². The summed E-state index contributed by atoms with van der Waals surface area (Å²) >= 11 is 0. The van der Waals surface area contributed by atoms with Gasteiger partial charge in [0.2, 0.25) is 5.91 Å². The van der Waals surface area contributed by atoms with Crippen LogP contribution in [0.2, 0.25) is 0 Å². The predicted octanol–water partition coefficient (Wildman–Crippen LogP) is 5.76. The molecular weight excluding hydrogens is 526 g/mol. The lowest BCUT2D eigenvalue weighted by molar-refractivity contribution is -0.137. The van der Waals surface area contributed by atoms with Gasteiger partial charge in [0.15, 0.2) is 0 Å². The monoisotopic (exact) mass is 547 g/mol. The van der Waals surface area contributed by atoms with E-state index in [0.29, 0.717) is 28.5 Å². The number of halogens is 4. The molecule has 1 heterocycles. The van der Waals surface area contributed by atoms with E-state index in [-0.39, 0.29) is 17.3 Å². The molecule has 3 aromatic carbocycles. The largest absolute Gasteiger partial charge is 0.417 e. The molecule has 0 atom stereocenters. The second-order valence-electron chi connectivity index (χ2n) is 8.53. The van der Waals surface area contributed by atoms with E-state index in [2.05, 4.69) is 10.3 Å². The Morgan fingerprint density at radius 1 is 0.900 bits per heavy atom. The smallest absolute Gasteiger partial charge is 0.405 e. The van der Waals surface area contributed by atoms with E-state index in [1.165, 1.54) is 18.3 Å². The van der Waals surface area contributed by atoms with E-state index in [1.807, 2.05) is 0 Å². The van der Waals surface area contributed by atoms with Crippen LogP contribution < -0.4 is 16.8 Å². The van der Waals surface area contributed by atoms with E-state index in [0.717, 1.165) is 12.3 Å². The van der Waals surface area contributed by atoms with Gasteiger partial charge in [0.05, 0.1) is 28.2 Å². The summed E-state index contributed by atoms with van der Waals surface area (Å²) in [4.78, 5) is 29.1. The quantitative estimate of drug-likeness (QED) is 0.173. The molecule has 0 saturated heterocycles. The van der Waals surface area contributed by atoms with Gasteiger partial charge in [-0.15, -0.1) is 0 Å². The number of nitrogens with one attached hydrogen (secondary N) is 2. The Morgan fingerprint density at radius 2 is 1.57 bits per heavy atom. The standard InChI is InChI=1S/C29H21F4N5O2/c30-23-14-22(29(31,32)33)20(24(35)10-11-34)13-21(23)28(40)38-25-12-19(16-6-8-18(9-7-16)27(36)39)15-37-26(25)17-4-2-1-3-5-17/h1-15,35H,34H2,(H2,36,39)(H,38,40)/b11-10-,35-24?. The van der Waals surface area contributed by atoms with Gasteiger partial charge in [-0.3, -0.25) is 14.6 Å². The number of alkyl halides is 3.